The van der Waals surface area contributed by atoms with Gasteiger partial charge in [-0.05, 0) is 63.1 Å². The number of hydrogen-bond donors (Lipinski definition) is 0. The molecule has 0 bridgehead atoms. The van der Waals surface area contributed by atoms with Crippen molar-refractivity contribution in [3.05, 3.63) is 57.5 Å². The summed E-state index contributed by atoms with van der Waals surface area (Å²) in [7, 11) is -1.56. The second-order valence-corrected chi connectivity index (χ2v) is 14.2. The van der Waals surface area contributed by atoms with E-state index in [9.17, 15) is 9.59 Å². The van der Waals surface area contributed by atoms with E-state index in [0.29, 0.717) is 10.6 Å². The van der Waals surface area contributed by atoms with E-state index >= 15 is 0 Å². The summed E-state index contributed by atoms with van der Waals surface area (Å²) in [5, 5.41) is 0.574. The summed E-state index contributed by atoms with van der Waals surface area (Å²) in [5.41, 5.74) is 4.80. The van der Waals surface area contributed by atoms with Crippen LogP contribution in [0.2, 0.25) is 24.7 Å². The van der Waals surface area contributed by atoms with Crippen LogP contribution in [0.25, 0.3) is 11.1 Å². The number of pyridine rings is 1. The zero-order chi connectivity index (χ0) is 22.0. The van der Waals surface area contributed by atoms with Gasteiger partial charge in [0.05, 0.1) is 0 Å². The Morgan fingerprint density at radius 2 is 1.83 bits per heavy atom. The normalized spacial score (nSPS) is 12.7. The molecule has 0 aliphatic carbocycles. The maximum absolute atomic E-state index is 12.7. The Hall–Kier alpha value is -2.29. The molecule has 0 spiro atoms. The van der Waals surface area contributed by atoms with Crippen LogP contribution in [-0.4, -0.2) is 24.2 Å². The molecule has 1 aromatic carbocycles. The van der Waals surface area contributed by atoms with E-state index in [4.69, 9.17) is 16.3 Å². The molecule has 0 amide bonds. The quantitative estimate of drug-likeness (QED) is 0.378. The summed E-state index contributed by atoms with van der Waals surface area (Å²) in [5.74, 6) is 2.80. The van der Waals surface area contributed by atoms with Crippen molar-refractivity contribution in [3.63, 3.8) is 0 Å². The van der Waals surface area contributed by atoms with Crippen molar-refractivity contribution in [2.45, 2.75) is 59.0 Å². The average Bonchev–Trinajstić information content (AvgIpc) is 2.57. The number of nitrogens with zero attached hydrogens (tertiary/aromatic N) is 1. The molecule has 0 fully saturated rings. The third kappa shape index (κ3) is 6.62. The minimum atomic E-state index is -1.56. The van der Waals surface area contributed by atoms with Crippen LogP contribution in [0.15, 0.2) is 41.3 Å². The molecule has 2 aromatic rings. The fourth-order valence-electron chi connectivity index (χ4n) is 2.60. The second-order valence-electron chi connectivity index (χ2n) is 9.06. The van der Waals surface area contributed by atoms with E-state index in [1.807, 2.05) is 12.1 Å². The van der Waals surface area contributed by atoms with E-state index in [1.54, 1.807) is 46.0 Å². The molecular weight excluding hydrogens is 402 g/mol. The fraction of sp³-hybridized carbons (Fsp3) is 0.391. The van der Waals surface area contributed by atoms with Gasteiger partial charge in [0.1, 0.15) is 19.7 Å². The van der Waals surface area contributed by atoms with Crippen molar-refractivity contribution in [1.82, 2.24) is 4.57 Å². The Kier molecular flexibility index (Phi) is 6.82. The maximum Gasteiger partial charge on any atom is 0.329 e. The van der Waals surface area contributed by atoms with Gasteiger partial charge in [-0.15, -0.1) is 5.54 Å². The molecule has 1 aromatic heterocycles. The van der Waals surface area contributed by atoms with Crippen LogP contribution in [0.3, 0.4) is 0 Å². The first kappa shape index (κ1) is 23.0. The van der Waals surface area contributed by atoms with E-state index in [2.05, 4.69) is 31.1 Å². The molecule has 1 atom stereocenters. The van der Waals surface area contributed by atoms with Gasteiger partial charge in [0, 0.05) is 22.8 Å². The lowest BCUT2D eigenvalue weighted by Crippen LogP contribution is -2.33. The predicted molar refractivity (Wildman–Crippen MR) is 122 cm³/mol. The number of rotatable bonds is 3. The lowest BCUT2D eigenvalue weighted by atomic mass is 10.0. The SMILES string of the molecule is C[C@@H](C(=O)OC(C)(C)C)n1ccc(-c2cc(Cl)ccc2C#C[Si](C)(C)C)cc1=O. The molecule has 0 aliphatic rings. The van der Waals surface area contributed by atoms with Gasteiger partial charge in [0.15, 0.2) is 0 Å². The van der Waals surface area contributed by atoms with Gasteiger partial charge < -0.3 is 9.30 Å². The van der Waals surface area contributed by atoms with Crippen molar-refractivity contribution in [1.29, 1.82) is 0 Å². The second kappa shape index (κ2) is 8.60. The average molecular weight is 430 g/mol. The lowest BCUT2D eigenvalue weighted by Gasteiger charge is -2.23. The Labute approximate surface area is 178 Å². The van der Waals surface area contributed by atoms with Crippen LogP contribution in [-0.2, 0) is 9.53 Å². The highest BCUT2D eigenvalue weighted by atomic mass is 35.5. The summed E-state index contributed by atoms with van der Waals surface area (Å²) in [6.45, 7) is 13.6. The first-order valence-corrected chi connectivity index (χ1v) is 13.4. The standard InChI is InChI=1S/C23H28ClNO3Si/c1-16(22(27)28-23(2,3)4)25-12-10-18(14-21(25)26)20-15-19(24)9-8-17(20)11-13-29(5,6)7/h8-10,12,14-16H,1-7H3/t16-/m0/s1. The third-order valence-electron chi connectivity index (χ3n) is 3.98. The minimum Gasteiger partial charge on any atom is -0.458 e. The number of carbonyl (C=O) groups excluding carboxylic acids is 1. The number of ether oxygens (including phenoxy) is 1. The summed E-state index contributed by atoms with van der Waals surface area (Å²) in [6.07, 6.45) is 1.61. The molecule has 1 heterocycles. The summed E-state index contributed by atoms with van der Waals surface area (Å²) in [4.78, 5) is 25.1. The minimum absolute atomic E-state index is 0.287. The Bertz CT molecular complexity index is 1030. The van der Waals surface area contributed by atoms with Crippen LogP contribution in [0.4, 0.5) is 0 Å². The smallest absolute Gasteiger partial charge is 0.329 e. The molecule has 2 rings (SSSR count). The van der Waals surface area contributed by atoms with Crippen LogP contribution in [0.5, 0.6) is 0 Å². The molecule has 0 saturated heterocycles. The van der Waals surface area contributed by atoms with Crippen LogP contribution < -0.4 is 5.56 Å². The van der Waals surface area contributed by atoms with E-state index in [1.165, 1.54) is 10.6 Å². The first-order chi connectivity index (χ1) is 13.3. The van der Waals surface area contributed by atoms with Gasteiger partial charge in [-0.2, -0.15) is 0 Å². The monoisotopic (exact) mass is 429 g/mol. The molecule has 4 nitrogen and oxygen atoms in total. The van der Waals surface area contributed by atoms with Gasteiger partial charge in [-0.3, -0.25) is 4.79 Å². The molecule has 6 heteroatoms. The van der Waals surface area contributed by atoms with Crippen molar-refractivity contribution in [3.8, 4) is 22.6 Å². The van der Waals surface area contributed by atoms with Crippen molar-refractivity contribution in [2.24, 2.45) is 0 Å². The summed E-state index contributed by atoms with van der Waals surface area (Å²) < 4.78 is 6.76. The van der Waals surface area contributed by atoms with Gasteiger partial charge >= 0.3 is 5.97 Å². The molecule has 0 aliphatic heterocycles. The van der Waals surface area contributed by atoms with Crippen LogP contribution in [0, 0.1) is 11.5 Å². The molecular formula is C23H28ClNO3Si. The van der Waals surface area contributed by atoms with E-state index < -0.39 is 25.7 Å². The predicted octanol–water partition coefficient (Wildman–Crippen LogP) is 5.30. The van der Waals surface area contributed by atoms with E-state index in [-0.39, 0.29) is 5.56 Å². The Balaban J connectivity index is 2.45. The molecule has 0 N–H and O–H groups in total. The number of hydrogen-bond acceptors (Lipinski definition) is 3. The zero-order valence-corrected chi connectivity index (χ0v) is 19.8. The van der Waals surface area contributed by atoms with Crippen molar-refractivity contribution < 1.29 is 9.53 Å². The summed E-state index contributed by atoms with van der Waals surface area (Å²) in [6, 6.07) is 8.07. The topological polar surface area (TPSA) is 48.3 Å². The number of halogens is 1. The Morgan fingerprint density at radius 1 is 1.17 bits per heavy atom. The largest absolute Gasteiger partial charge is 0.458 e. The number of benzene rings is 1. The maximum atomic E-state index is 12.7. The van der Waals surface area contributed by atoms with E-state index in [0.717, 1.165) is 11.1 Å². The van der Waals surface area contributed by atoms with Gasteiger partial charge in [0.25, 0.3) is 5.56 Å². The van der Waals surface area contributed by atoms with Crippen molar-refractivity contribution in [2.75, 3.05) is 0 Å². The highest BCUT2D eigenvalue weighted by Crippen LogP contribution is 2.26. The molecule has 29 heavy (non-hydrogen) atoms. The van der Waals surface area contributed by atoms with Gasteiger partial charge in [0.2, 0.25) is 0 Å². The highest BCUT2D eigenvalue weighted by molar-refractivity contribution is 6.83. The third-order valence-corrected chi connectivity index (χ3v) is 5.09. The molecule has 0 unspecified atom stereocenters. The van der Waals surface area contributed by atoms with Crippen LogP contribution >= 0.6 is 11.6 Å². The highest BCUT2D eigenvalue weighted by Gasteiger charge is 2.23. The first-order valence-electron chi connectivity index (χ1n) is 9.55. The lowest BCUT2D eigenvalue weighted by molar-refractivity contribution is -0.158. The molecule has 0 saturated carbocycles. The van der Waals surface area contributed by atoms with Crippen LogP contribution in [0.1, 0.15) is 39.3 Å². The Morgan fingerprint density at radius 3 is 2.38 bits per heavy atom. The van der Waals surface area contributed by atoms with Crippen molar-refractivity contribution >= 4 is 25.6 Å². The number of carbonyl (C=O) groups is 1. The fourth-order valence-corrected chi connectivity index (χ4v) is 3.28. The molecule has 0 radical (unpaired) electrons. The zero-order valence-electron chi connectivity index (χ0n) is 18.1. The molecule has 154 valence electrons. The summed E-state index contributed by atoms with van der Waals surface area (Å²) >= 11 is 6.20. The van der Waals surface area contributed by atoms with Gasteiger partial charge in [-0.25, -0.2) is 4.79 Å². The number of esters is 1. The van der Waals surface area contributed by atoms with Gasteiger partial charge in [-0.1, -0.05) is 37.2 Å². The number of aromatic nitrogens is 1.